The molecule has 0 unspecified atom stereocenters. The van der Waals surface area contributed by atoms with E-state index in [0.29, 0.717) is 11.1 Å². The standard InChI is InChI=1S/C21H13F4N7O2/c22-15-6-4-13(5-7-15)18-27-16(34-29-18)10-31-11-26-19-17(20(31)33)28-30-32(19)9-12-2-1-3-14(8-12)21(23,24)25/h1-8,11H,9-10H2. The van der Waals surface area contributed by atoms with E-state index in [0.717, 1.165) is 12.1 Å². The van der Waals surface area contributed by atoms with Crippen molar-refractivity contribution in [3.8, 4) is 11.4 Å². The first kappa shape index (κ1) is 21.4. The molecule has 9 nitrogen and oxygen atoms in total. The van der Waals surface area contributed by atoms with Gasteiger partial charge in [-0.15, -0.1) is 5.10 Å². The molecule has 3 heterocycles. The van der Waals surface area contributed by atoms with E-state index in [-0.39, 0.29) is 36.0 Å². The summed E-state index contributed by atoms with van der Waals surface area (Å²) in [6.07, 6.45) is -3.24. The number of alkyl halides is 3. The van der Waals surface area contributed by atoms with Gasteiger partial charge in [0.15, 0.2) is 11.2 Å². The van der Waals surface area contributed by atoms with Gasteiger partial charge in [0, 0.05) is 5.56 Å². The molecular weight excluding hydrogens is 458 g/mol. The molecule has 0 saturated carbocycles. The molecule has 5 aromatic rings. The van der Waals surface area contributed by atoms with E-state index >= 15 is 0 Å². The summed E-state index contributed by atoms with van der Waals surface area (Å²) >= 11 is 0. The van der Waals surface area contributed by atoms with Gasteiger partial charge in [-0.2, -0.15) is 18.2 Å². The van der Waals surface area contributed by atoms with Gasteiger partial charge in [0.2, 0.25) is 11.7 Å². The first-order valence-corrected chi connectivity index (χ1v) is 9.81. The van der Waals surface area contributed by atoms with Gasteiger partial charge in [0.1, 0.15) is 18.7 Å². The summed E-state index contributed by atoms with van der Waals surface area (Å²) in [6, 6.07) is 10.3. The van der Waals surface area contributed by atoms with Crippen molar-refractivity contribution in [3.05, 3.63) is 88.0 Å². The predicted molar refractivity (Wildman–Crippen MR) is 109 cm³/mol. The first-order valence-electron chi connectivity index (χ1n) is 9.81. The fourth-order valence-corrected chi connectivity index (χ4v) is 3.31. The lowest BCUT2D eigenvalue weighted by Gasteiger charge is -2.08. The normalized spacial score (nSPS) is 11.9. The van der Waals surface area contributed by atoms with E-state index in [2.05, 4.69) is 25.4 Å². The second-order valence-corrected chi connectivity index (χ2v) is 7.31. The Kier molecular flexibility index (Phi) is 5.15. The number of hydrogen-bond donors (Lipinski definition) is 0. The highest BCUT2D eigenvalue weighted by Crippen LogP contribution is 2.29. The third-order valence-corrected chi connectivity index (χ3v) is 4.95. The molecule has 0 radical (unpaired) electrons. The van der Waals surface area contributed by atoms with Gasteiger partial charge < -0.3 is 4.52 Å². The van der Waals surface area contributed by atoms with Crippen LogP contribution in [0.2, 0.25) is 0 Å². The highest BCUT2D eigenvalue weighted by Gasteiger charge is 2.30. The molecule has 34 heavy (non-hydrogen) atoms. The van der Waals surface area contributed by atoms with Crippen molar-refractivity contribution in [1.29, 1.82) is 0 Å². The smallest absolute Gasteiger partial charge is 0.337 e. The monoisotopic (exact) mass is 471 g/mol. The van der Waals surface area contributed by atoms with Crippen molar-refractivity contribution in [3.63, 3.8) is 0 Å². The molecule has 0 bridgehead atoms. The van der Waals surface area contributed by atoms with Crippen LogP contribution in [0.15, 0.2) is 64.2 Å². The minimum Gasteiger partial charge on any atom is -0.337 e. The Balaban J connectivity index is 1.39. The highest BCUT2D eigenvalue weighted by molar-refractivity contribution is 5.67. The van der Waals surface area contributed by atoms with Crippen molar-refractivity contribution in [2.24, 2.45) is 0 Å². The van der Waals surface area contributed by atoms with Crippen LogP contribution < -0.4 is 5.56 Å². The van der Waals surface area contributed by atoms with Crippen molar-refractivity contribution in [2.75, 3.05) is 0 Å². The molecule has 0 aliphatic rings. The van der Waals surface area contributed by atoms with Gasteiger partial charge in [-0.3, -0.25) is 9.36 Å². The average molecular weight is 471 g/mol. The van der Waals surface area contributed by atoms with Crippen LogP contribution in [-0.4, -0.2) is 34.7 Å². The molecule has 0 aliphatic heterocycles. The van der Waals surface area contributed by atoms with E-state index in [4.69, 9.17) is 4.52 Å². The lowest BCUT2D eigenvalue weighted by atomic mass is 10.1. The molecule has 3 aromatic heterocycles. The van der Waals surface area contributed by atoms with Crippen LogP contribution in [0.3, 0.4) is 0 Å². The maximum absolute atomic E-state index is 13.1. The van der Waals surface area contributed by atoms with Crippen molar-refractivity contribution >= 4 is 11.2 Å². The summed E-state index contributed by atoms with van der Waals surface area (Å²) in [5.41, 5.74) is -0.406. The summed E-state index contributed by atoms with van der Waals surface area (Å²) in [5, 5.41) is 11.5. The molecule has 0 aliphatic carbocycles. The molecule has 0 atom stereocenters. The summed E-state index contributed by atoms with van der Waals surface area (Å²) in [7, 11) is 0. The molecule has 172 valence electrons. The summed E-state index contributed by atoms with van der Waals surface area (Å²) < 4.78 is 59.6. The minimum atomic E-state index is -4.47. The first-order chi connectivity index (χ1) is 16.3. The van der Waals surface area contributed by atoms with Crippen LogP contribution in [0.4, 0.5) is 17.6 Å². The number of fused-ring (bicyclic) bond motifs is 1. The Morgan fingerprint density at radius 1 is 1.03 bits per heavy atom. The van der Waals surface area contributed by atoms with E-state index in [1.807, 2.05) is 0 Å². The highest BCUT2D eigenvalue weighted by atomic mass is 19.4. The van der Waals surface area contributed by atoms with E-state index in [9.17, 15) is 22.4 Å². The second kappa shape index (κ2) is 8.17. The van der Waals surface area contributed by atoms with Crippen LogP contribution in [0.5, 0.6) is 0 Å². The molecule has 5 rings (SSSR count). The summed E-state index contributed by atoms with van der Waals surface area (Å²) in [4.78, 5) is 21.2. The second-order valence-electron chi connectivity index (χ2n) is 7.31. The zero-order chi connectivity index (χ0) is 23.9. The van der Waals surface area contributed by atoms with Gasteiger partial charge in [-0.25, -0.2) is 14.1 Å². The lowest BCUT2D eigenvalue weighted by Crippen LogP contribution is -2.21. The van der Waals surface area contributed by atoms with E-state index in [1.165, 1.54) is 52.0 Å². The quantitative estimate of drug-likeness (QED) is 0.362. The number of rotatable bonds is 5. The molecular formula is C21H13F4N7O2. The fourth-order valence-electron chi connectivity index (χ4n) is 3.31. The Labute approximate surface area is 187 Å². The third kappa shape index (κ3) is 4.14. The van der Waals surface area contributed by atoms with E-state index < -0.39 is 23.1 Å². The Hall–Kier alpha value is -4.42. The molecule has 0 amide bonds. The zero-order valence-electron chi connectivity index (χ0n) is 17.1. The lowest BCUT2D eigenvalue weighted by molar-refractivity contribution is -0.137. The van der Waals surface area contributed by atoms with Crippen LogP contribution >= 0.6 is 0 Å². The SMILES string of the molecule is O=c1c2nnn(Cc3cccc(C(F)(F)F)c3)c2ncn1Cc1nc(-c2ccc(F)cc2)no1. The van der Waals surface area contributed by atoms with Crippen LogP contribution in [0.1, 0.15) is 17.0 Å². The maximum atomic E-state index is 13.1. The van der Waals surface area contributed by atoms with Crippen LogP contribution in [0, 0.1) is 5.82 Å². The number of aromatic nitrogens is 7. The number of benzene rings is 2. The Morgan fingerprint density at radius 2 is 1.82 bits per heavy atom. The molecule has 0 saturated heterocycles. The molecule has 2 aromatic carbocycles. The molecule has 13 heteroatoms. The van der Waals surface area contributed by atoms with Crippen LogP contribution in [0.25, 0.3) is 22.6 Å². The van der Waals surface area contributed by atoms with Crippen LogP contribution in [-0.2, 0) is 19.3 Å². The largest absolute Gasteiger partial charge is 0.416 e. The van der Waals surface area contributed by atoms with Gasteiger partial charge in [0.25, 0.3) is 5.56 Å². The van der Waals surface area contributed by atoms with Gasteiger partial charge >= 0.3 is 6.18 Å². The molecule has 0 fully saturated rings. The fraction of sp³-hybridized carbons (Fsp3) is 0.143. The number of hydrogen-bond acceptors (Lipinski definition) is 7. The van der Waals surface area contributed by atoms with Gasteiger partial charge in [-0.05, 0) is 42.0 Å². The predicted octanol–water partition coefficient (Wildman–Crippen LogP) is 3.29. The maximum Gasteiger partial charge on any atom is 0.416 e. The Bertz CT molecular complexity index is 1540. The van der Waals surface area contributed by atoms with Crippen molar-refractivity contribution in [2.45, 2.75) is 19.3 Å². The van der Waals surface area contributed by atoms with Crippen molar-refractivity contribution < 1.29 is 22.1 Å². The van der Waals surface area contributed by atoms with Gasteiger partial charge in [-0.1, -0.05) is 22.5 Å². The number of nitrogens with zero attached hydrogens (tertiary/aromatic N) is 7. The molecule has 0 spiro atoms. The third-order valence-electron chi connectivity index (χ3n) is 4.95. The summed E-state index contributed by atoms with van der Waals surface area (Å²) in [5.74, 6) is -0.0671. The number of halogens is 4. The molecule has 0 N–H and O–H groups in total. The zero-order valence-corrected chi connectivity index (χ0v) is 17.1. The average Bonchev–Trinajstić information content (AvgIpc) is 3.44. The minimum absolute atomic E-state index is 0.0540. The topological polar surface area (TPSA) is 105 Å². The Morgan fingerprint density at radius 3 is 2.59 bits per heavy atom. The summed E-state index contributed by atoms with van der Waals surface area (Å²) in [6.45, 7) is -0.155. The van der Waals surface area contributed by atoms with E-state index in [1.54, 1.807) is 0 Å². The van der Waals surface area contributed by atoms with Gasteiger partial charge in [0.05, 0.1) is 12.1 Å². The van der Waals surface area contributed by atoms with Crippen molar-refractivity contribution in [1.82, 2.24) is 34.7 Å².